The lowest BCUT2D eigenvalue weighted by Crippen LogP contribution is -2.69. The second-order valence-electron chi connectivity index (χ2n) is 9.71. The Balaban J connectivity index is 1.62. The number of carbonyl (C=O) groups excluding carboxylic acids is 2. The molecule has 218 valence electrons. The van der Waals surface area contributed by atoms with Gasteiger partial charge in [0.15, 0.2) is 6.23 Å². The predicted octanol–water partition coefficient (Wildman–Crippen LogP) is 4.35. The third kappa shape index (κ3) is 9.40. The zero-order valence-corrected chi connectivity index (χ0v) is 23.4. The van der Waals surface area contributed by atoms with E-state index < -0.39 is 36.7 Å². The monoisotopic (exact) mass is 562 g/mol. The van der Waals surface area contributed by atoms with Gasteiger partial charge in [-0.1, -0.05) is 91.0 Å². The molecule has 0 unspecified atom stereocenters. The molecule has 0 spiro atoms. The first-order valence-corrected chi connectivity index (χ1v) is 13.8. The fourth-order valence-electron chi connectivity index (χ4n) is 4.68. The van der Waals surface area contributed by atoms with E-state index in [0.29, 0.717) is 6.61 Å². The number of benzene rings is 3. The van der Waals surface area contributed by atoms with Crippen LogP contribution in [0, 0.1) is 0 Å². The van der Waals surface area contributed by atoms with Crippen molar-refractivity contribution < 1.29 is 33.3 Å². The van der Waals surface area contributed by atoms with Crippen molar-refractivity contribution in [2.45, 2.75) is 64.2 Å². The summed E-state index contributed by atoms with van der Waals surface area (Å²) in [5, 5.41) is 5.66. The van der Waals surface area contributed by atoms with E-state index in [4.69, 9.17) is 23.7 Å². The van der Waals surface area contributed by atoms with Crippen LogP contribution < -0.4 is 10.6 Å². The Morgan fingerprint density at radius 3 is 1.76 bits per heavy atom. The van der Waals surface area contributed by atoms with Gasteiger partial charge in [0.05, 0.1) is 33.0 Å². The lowest BCUT2D eigenvalue weighted by atomic mass is 9.95. The van der Waals surface area contributed by atoms with Crippen molar-refractivity contribution in [2.75, 3.05) is 13.2 Å². The van der Waals surface area contributed by atoms with E-state index in [-0.39, 0.29) is 32.3 Å². The summed E-state index contributed by atoms with van der Waals surface area (Å²) < 4.78 is 30.5. The maximum absolute atomic E-state index is 12.5. The summed E-state index contributed by atoms with van der Waals surface area (Å²) in [7, 11) is 0. The number of rotatable bonds is 13. The van der Waals surface area contributed by atoms with Crippen LogP contribution in [0.3, 0.4) is 0 Å². The van der Waals surface area contributed by atoms with Gasteiger partial charge in [-0.2, -0.15) is 0 Å². The SMILES string of the molecule is CCOC(=O)N[C@@H]1O[C@H](COCc2ccccc2)[C@@H](OCc2ccccc2)[C@H](OCc2ccccc2)[C@H]1NC(C)=O. The normalized spacial score (nSPS) is 22.0. The molecule has 0 aliphatic carbocycles. The van der Waals surface area contributed by atoms with Gasteiger partial charge in [-0.05, 0) is 23.6 Å². The van der Waals surface area contributed by atoms with Gasteiger partial charge in [0, 0.05) is 6.92 Å². The Morgan fingerprint density at radius 2 is 1.24 bits per heavy atom. The van der Waals surface area contributed by atoms with Crippen LogP contribution >= 0.6 is 0 Å². The minimum Gasteiger partial charge on any atom is -0.450 e. The van der Waals surface area contributed by atoms with Crippen LogP contribution in [0.4, 0.5) is 4.79 Å². The van der Waals surface area contributed by atoms with Crippen LogP contribution in [-0.2, 0) is 48.3 Å². The van der Waals surface area contributed by atoms with Crippen LogP contribution in [0.15, 0.2) is 91.0 Å². The van der Waals surface area contributed by atoms with E-state index in [1.807, 2.05) is 91.0 Å². The molecule has 3 aromatic rings. The number of amides is 2. The van der Waals surface area contributed by atoms with Crippen LogP contribution in [0.25, 0.3) is 0 Å². The summed E-state index contributed by atoms with van der Waals surface area (Å²) in [4.78, 5) is 24.9. The van der Waals surface area contributed by atoms with Crippen molar-refractivity contribution >= 4 is 12.0 Å². The maximum Gasteiger partial charge on any atom is 0.409 e. The van der Waals surface area contributed by atoms with Crippen molar-refractivity contribution in [3.05, 3.63) is 108 Å². The van der Waals surface area contributed by atoms with Gasteiger partial charge in [0.2, 0.25) is 5.91 Å². The smallest absolute Gasteiger partial charge is 0.409 e. The first-order chi connectivity index (χ1) is 20.0. The van der Waals surface area contributed by atoms with E-state index in [2.05, 4.69) is 10.6 Å². The maximum atomic E-state index is 12.5. The average molecular weight is 563 g/mol. The lowest BCUT2D eigenvalue weighted by molar-refractivity contribution is -0.236. The predicted molar refractivity (Wildman–Crippen MR) is 153 cm³/mol. The molecule has 2 N–H and O–H groups in total. The van der Waals surface area contributed by atoms with Crippen molar-refractivity contribution in [1.29, 1.82) is 0 Å². The highest BCUT2D eigenvalue weighted by Gasteiger charge is 2.48. The molecular formula is C32H38N2O7. The summed E-state index contributed by atoms with van der Waals surface area (Å²) in [5.74, 6) is -0.303. The second kappa shape index (κ2) is 15.9. The Hall–Kier alpha value is -3.76. The van der Waals surface area contributed by atoms with Gasteiger partial charge in [-0.25, -0.2) is 4.79 Å². The van der Waals surface area contributed by atoms with Crippen LogP contribution in [0.2, 0.25) is 0 Å². The van der Waals surface area contributed by atoms with E-state index in [1.54, 1.807) is 6.92 Å². The molecule has 0 bridgehead atoms. The van der Waals surface area contributed by atoms with Gasteiger partial charge in [-0.15, -0.1) is 0 Å². The fourth-order valence-corrected chi connectivity index (χ4v) is 4.68. The van der Waals surface area contributed by atoms with Crippen LogP contribution in [0.1, 0.15) is 30.5 Å². The Bertz CT molecular complexity index is 1200. The molecule has 1 aliphatic heterocycles. The largest absolute Gasteiger partial charge is 0.450 e. The molecule has 1 heterocycles. The van der Waals surface area contributed by atoms with Gasteiger partial charge in [0.25, 0.3) is 0 Å². The molecule has 9 nitrogen and oxygen atoms in total. The molecule has 0 radical (unpaired) electrons. The lowest BCUT2D eigenvalue weighted by Gasteiger charge is -2.46. The molecule has 1 aliphatic rings. The minimum atomic E-state index is -0.958. The number of carbonyl (C=O) groups is 2. The molecule has 1 saturated heterocycles. The number of alkyl carbamates (subject to hydrolysis) is 1. The Kier molecular flexibility index (Phi) is 11.7. The average Bonchev–Trinajstić information content (AvgIpc) is 2.98. The molecule has 9 heteroatoms. The quantitative estimate of drug-likeness (QED) is 0.319. The third-order valence-corrected chi connectivity index (χ3v) is 6.56. The number of hydrogen-bond acceptors (Lipinski definition) is 7. The zero-order chi connectivity index (χ0) is 28.9. The fraction of sp³-hybridized carbons (Fsp3) is 0.375. The van der Waals surface area contributed by atoms with E-state index in [9.17, 15) is 9.59 Å². The standard InChI is InChI=1S/C32H38N2O7/c1-3-38-32(36)34-31-28(33-23(2)35)30(40-21-26-17-11-6-12-18-26)29(39-20-25-15-9-5-10-16-25)27(41-31)22-37-19-24-13-7-4-8-14-24/h4-18,27-31H,3,19-22H2,1-2H3,(H,33,35)(H,34,36)/t27-,28-,29-,30-,31-/m1/s1. The molecular weight excluding hydrogens is 524 g/mol. The molecule has 0 saturated carbocycles. The second-order valence-corrected chi connectivity index (χ2v) is 9.71. The first-order valence-electron chi connectivity index (χ1n) is 13.8. The summed E-state index contributed by atoms with van der Waals surface area (Å²) in [6, 6.07) is 28.5. The zero-order valence-electron chi connectivity index (χ0n) is 23.4. The number of ether oxygens (including phenoxy) is 5. The summed E-state index contributed by atoms with van der Waals surface area (Å²) in [5.41, 5.74) is 2.94. The van der Waals surface area contributed by atoms with Crippen LogP contribution in [0.5, 0.6) is 0 Å². The van der Waals surface area contributed by atoms with Gasteiger partial charge in [0.1, 0.15) is 24.4 Å². The molecule has 1 fully saturated rings. The number of hydrogen-bond donors (Lipinski definition) is 2. The topological polar surface area (TPSA) is 104 Å². The molecule has 4 rings (SSSR count). The number of nitrogens with one attached hydrogen (secondary N) is 2. The van der Waals surface area contributed by atoms with Gasteiger partial charge in [-0.3, -0.25) is 10.1 Å². The first kappa shape index (κ1) is 30.2. The molecule has 41 heavy (non-hydrogen) atoms. The summed E-state index contributed by atoms with van der Waals surface area (Å²) >= 11 is 0. The van der Waals surface area contributed by atoms with Crippen molar-refractivity contribution in [3.63, 3.8) is 0 Å². The van der Waals surface area contributed by atoms with E-state index >= 15 is 0 Å². The van der Waals surface area contributed by atoms with Crippen molar-refractivity contribution in [1.82, 2.24) is 10.6 Å². The summed E-state index contributed by atoms with van der Waals surface area (Å²) in [6.45, 7) is 4.38. The van der Waals surface area contributed by atoms with E-state index in [1.165, 1.54) is 6.92 Å². The third-order valence-electron chi connectivity index (χ3n) is 6.56. The van der Waals surface area contributed by atoms with Crippen molar-refractivity contribution in [2.24, 2.45) is 0 Å². The Labute approximate surface area is 241 Å². The van der Waals surface area contributed by atoms with Crippen molar-refractivity contribution in [3.8, 4) is 0 Å². The minimum absolute atomic E-state index is 0.160. The molecule has 5 atom stereocenters. The highest BCUT2D eigenvalue weighted by atomic mass is 16.6. The molecule has 2 amide bonds. The summed E-state index contributed by atoms with van der Waals surface area (Å²) in [6.07, 6.45) is -3.61. The Morgan fingerprint density at radius 1 is 0.732 bits per heavy atom. The van der Waals surface area contributed by atoms with E-state index in [0.717, 1.165) is 16.7 Å². The van der Waals surface area contributed by atoms with Crippen LogP contribution in [-0.4, -0.2) is 55.8 Å². The highest BCUT2D eigenvalue weighted by molar-refractivity contribution is 5.73. The highest BCUT2D eigenvalue weighted by Crippen LogP contribution is 2.28. The molecule has 3 aromatic carbocycles. The van der Waals surface area contributed by atoms with Gasteiger partial charge < -0.3 is 29.0 Å². The van der Waals surface area contributed by atoms with Gasteiger partial charge >= 0.3 is 6.09 Å². The molecule has 0 aromatic heterocycles.